The Bertz CT molecular complexity index is 566. The van der Waals surface area contributed by atoms with Crippen LogP contribution in [0.1, 0.15) is 10.4 Å². The Kier molecular flexibility index (Phi) is 4.03. The molecule has 0 radical (unpaired) electrons. The number of hydrogen-bond acceptors (Lipinski definition) is 4. The van der Waals surface area contributed by atoms with Crippen LogP contribution in [-0.2, 0) is 9.47 Å². The molecule has 0 bridgehead atoms. The van der Waals surface area contributed by atoms with Crippen LogP contribution < -0.4 is 0 Å². The van der Waals surface area contributed by atoms with Crippen molar-refractivity contribution in [1.82, 2.24) is 4.98 Å². The van der Waals surface area contributed by atoms with Crippen molar-refractivity contribution in [2.45, 2.75) is 11.4 Å². The van der Waals surface area contributed by atoms with E-state index in [1.54, 1.807) is 11.5 Å². The molecule has 0 aromatic carbocycles. The Morgan fingerprint density at radius 3 is 2.65 bits per heavy atom. The van der Waals surface area contributed by atoms with Gasteiger partial charge < -0.3 is 9.47 Å². The van der Waals surface area contributed by atoms with Crippen LogP contribution in [0.2, 0.25) is 0 Å². The molecule has 2 rings (SSSR count). The first-order valence-corrected chi connectivity index (χ1v) is 6.85. The summed E-state index contributed by atoms with van der Waals surface area (Å²) in [6.07, 6.45) is -2.12. The van der Waals surface area contributed by atoms with Crippen LogP contribution in [0.15, 0.2) is 46.0 Å². The number of alkyl halides is 3. The highest BCUT2D eigenvalue weighted by Gasteiger charge is 2.32. The van der Waals surface area contributed by atoms with Gasteiger partial charge in [-0.1, -0.05) is 0 Å². The number of rotatable bonds is 3. The quantitative estimate of drug-likeness (QED) is 0.688. The number of carbonyl (C=O) groups excluding carboxylic acids is 1. The molecule has 0 amide bonds. The summed E-state index contributed by atoms with van der Waals surface area (Å²) in [6, 6.07) is 3.09. The molecule has 20 heavy (non-hydrogen) atoms. The predicted molar refractivity (Wildman–Crippen MR) is 67.2 cm³/mol. The van der Waals surface area contributed by atoms with Crippen LogP contribution in [0, 0.1) is 0 Å². The summed E-state index contributed by atoms with van der Waals surface area (Å²) in [5.74, 6) is -0.766. The third-order valence-electron chi connectivity index (χ3n) is 2.33. The van der Waals surface area contributed by atoms with Crippen LogP contribution in [0.5, 0.6) is 0 Å². The first-order valence-electron chi connectivity index (χ1n) is 5.37. The van der Waals surface area contributed by atoms with Crippen molar-refractivity contribution >= 4 is 16.9 Å². The molecule has 8 heteroatoms. The maximum atomic E-state index is 12.1. The number of ether oxygens (including phenoxy) is 2. The fourth-order valence-electron chi connectivity index (χ4n) is 1.49. The first kappa shape index (κ1) is 14.4. The maximum Gasteiger partial charge on any atom is 0.573 e. The van der Waals surface area contributed by atoms with E-state index >= 15 is 0 Å². The molecule has 0 saturated carbocycles. The summed E-state index contributed by atoms with van der Waals surface area (Å²) in [6.45, 7) is 0. The van der Waals surface area contributed by atoms with Gasteiger partial charge in [0.1, 0.15) is 5.76 Å². The van der Waals surface area contributed by atoms with Crippen molar-refractivity contribution < 1.29 is 27.4 Å². The minimum Gasteiger partial charge on any atom is -0.465 e. The van der Waals surface area contributed by atoms with E-state index in [1.807, 2.05) is 0 Å². The molecule has 0 aliphatic carbocycles. The number of aromatic nitrogens is 1. The second kappa shape index (κ2) is 5.58. The number of methoxy groups -OCH3 is 1. The maximum absolute atomic E-state index is 12.1. The lowest BCUT2D eigenvalue weighted by Crippen LogP contribution is -2.11. The molecule has 0 saturated heterocycles. The van der Waals surface area contributed by atoms with Crippen molar-refractivity contribution in [2.75, 3.05) is 7.11 Å². The van der Waals surface area contributed by atoms with E-state index in [0.29, 0.717) is 5.03 Å². The fourth-order valence-corrected chi connectivity index (χ4v) is 3.02. The lowest BCUT2D eigenvalue weighted by molar-refractivity contribution is -0.303. The number of hydrogen-bond donors (Lipinski definition) is 1. The second-order valence-electron chi connectivity index (χ2n) is 3.70. The zero-order valence-electron chi connectivity index (χ0n) is 10.2. The molecule has 108 valence electrons. The minimum absolute atomic E-state index is 0.248. The Labute approximate surface area is 115 Å². The van der Waals surface area contributed by atoms with Gasteiger partial charge in [0.05, 0.1) is 17.7 Å². The van der Waals surface area contributed by atoms with Gasteiger partial charge in [0.15, 0.2) is 0 Å². The Hall–Kier alpha value is -1.96. The van der Waals surface area contributed by atoms with Crippen molar-refractivity contribution in [3.8, 4) is 0 Å². The van der Waals surface area contributed by atoms with Gasteiger partial charge in [0.25, 0.3) is 0 Å². The van der Waals surface area contributed by atoms with E-state index in [-0.39, 0.29) is 11.3 Å². The molecule has 1 aliphatic rings. The van der Waals surface area contributed by atoms with Crippen molar-refractivity contribution in [3.63, 3.8) is 0 Å². The minimum atomic E-state index is -4.70. The van der Waals surface area contributed by atoms with E-state index in [4.69, 9.17) is 0 Å². The fraction of sp³-hybridized carbons (Fsp3) is 0.167. The lowest BCUT2D eigenvalue weighted by Gasteiger charge is -2.10. The van der Waals surface area contributed by atoms with Gasteiger partial charge in [-0.2, -0.15) is 10.9 Å². The molecule has 2 heterocycles. The monoisotopic (exact) mass is 305 g/mol. The Balaban J connectivity index is 2.11. The van der Waals surface area contributed by atoms with Crippen LogP contribution in [0.3, 0.4) is 0 Å². The highest BCUT2D eigenvalue weighted by Crippen LogP contribution is 2.44. The Morgan fingerprint density at radius 2 is 2.10 bits per heavy atom. The van der Waals surface area contributed by atoms with E-state index in [0.717, 1.165) is 0 Å². The third kappa shape index (κ3) is 3.53. The van der Waals surface area contributed by atoms with Gasteiger partial charge in [-0.05, 0) is 23.6 Å². The smallest absolute Gasteiger partial charge is 0.465 e. The summed E-state index contributed by atoms with van der Waals surface area (Å²) >= 11 is 0. The molecular formula is C12H10F3NO3S. The molecule has 1 unspecified atom stereocenters. The molecule has 0 spiro atoms. The van der Waals surface area contributed by atoms with Gasteiger partial charge in [0.2, 0.25) is 0 Å². The second-order valence-corrected chi connectivity index (χ2v) is 5.53. The van der Waals surface area contributed by atoms with Crippen LogP contribution in [0.4, 0.5) is 13.2 Å². The zero-order chi connectivity index (χ0) is 14.8. The molecule has 1 aromatic heterocycles. The van der Waals surface area contributed by atoms with E-state index in [9.17, 15) is 18.0 Å². The van der Waals surface area contributed by atoms with Crippen LogP contribution in [-0.4, -0.2) is 24.4 Å². The van der Waals surface area contributed by atoms with Gasteiger partial charge in [-0.3, -0.25) is 4.98 Å². The highest BCUT2D eigenvalue weighted by molar-refractivity contribution is 8.22. The van der Waals surface area contributed by atoms with E-state index in [1.165, 1.54) is 30.9 Å². The van der Waals surface area contributed by atoms with Gasteiger partial charge in [-0.15, -0.1) is 13.2 Å². The van der Waals surface area contributed by atoms with Gasteiger partial charge >= 0.3 is 12.3 Å². The van der Waals surface area contributed by atoms with Crippen LogP contribution >= 0.6 is 10.9 Å². The summed E-state index contributed by atoms with van der Waals surface area (Å²) in [5.41, 5.74) is 0.283. The Morgan fingerprint density at radius 1 is 1.35 bits per heavy atom. The summed E-state index contributed by atoms with van der Waals surface area (Å²) in [4.78, 5) is 15.3. The average molecular weight is 305 g/mol. The van der Waals surface area contributed by atoms with E-state index in [2.05, 4.69) is 14.5 Å². The molecule has 0 N–H and O–H groups in total. The highest BCUT2D eigenvalue weighted by atomic mass is 32.2. The third-order valence-corrected chi connectivity index (χ3v) is 4.13. The zero-order valence-corrected chi connectivity index (χ0v) is 11.1. The number of nitrogens with zero attached hydrogens (tertiary/aromatic N) is 1. The summed E-state index contributed by atoms with van der Waals surface area (Å²) < 4.78 is 44.5. The number of carbonyl (C=O) groups is 1. The molecule has 1 aliphatic heterocycles. The van der Waals surface area contributed by atoms with Gasteiger partial charge in [0, 0.05) is 11.6 Å². The summed E-state index contributed by atoms with van der Waals surface area (Å²) in [5, 5.41) is 3.53. The van der Waals surface area contributed by atoms with Crippen LogP contribution in [0.25, 0.3) is 0 Å². The molecule has 1 atom stereocenters. The number of pyridine rings is 1. The number of halogens is 3. The van der Waals surface area contributed by atoms with Crippen molar-refractivity contribution in [3.05, 3.63) is 46.5 Å². The number of allylic oxidation sites excluding steroid dienone is 1. The molecule has 4 nitrogen and oxygen atoms in total. The predicted octanol–water partition coefficient (Wildman–Crippen LogP) is 3.13. The van der Waals surface area contributed by atoms with Crippen molar-refractivity contribution in [1.29, 1.82) is 0 Å². The number of esters is 1. The number of thiol groups is 1. The molecule has 1 aromatic rings. The molecule has 0 fully saturated rings. The molecular weight excluding hydrogens is 295 g/mol. The average Bonchev–Trinajstić information content (AvgIpc) is 2.84. The SMILES string of the molecule is COC(=O)c1ccc([SH]2C=CC(OC(F)(F)F)=C2)nc1. The largest absolute Gasteiger partial charge is 0.573 e. The standard InChI is InChI=1S/C12H10F3NO3S/c1-18-11(17)8-2-3-10(16-6-8)20-5-4-9(7-20)19-12(13,14)15/h2-7,20H,1H3. The van der Waals surface area contributed by atoms with Gasteiger partial charge in [-0.25, -0.2) is 4.79 Å². The van der Waals surface area contributed by atoms with E-state index < -0.39 is 23.2 Å². The topological polar surface area (TPSA) is 48.4 Å². The summed E-state index contributed by atoms with van der Waals surface area (Å²) in [7, 11) is 0.154. The van der Waals surface area contributed by atoms with Crippen molar-refractivity contribution in [2.24, 2.45) is 0 Å². The normalized spacial score (nSPS) is 19.6. The lowest BCUT2D eigenvalue weighted by atomic mass is 10.3. The first-order chi connectivity index (χ1) is 9.39.